The molecule has 0 bridgehead atoms. The minimum absolute atomic E-state index is 0.0345. The normalized spacial score (nSPS) is 15.3. The van der Waals surface area contributed by atoms with Crippen LogP contribution in [0.2, 0.25) is 0 Å². The van der Waals surface area contributed by atoms with Crippen LogP contribution in [0, 0.1) is 24.6 Å². The van der Waals surface area contributed by atoms with Crippen molar-refractivity contribution < 1.29 is 22.7 Å². The Balaban J connectivity index is 1.94. The van der Waals surface area contributed by atoms with Gasteiger partial charge in [0.15, 0.2) is 0 Å². The van der Waals surface area contributed by atoms with E-state index in [2.05, 4.69) is 35.9 Å². The highest BCUT2D eigenvalue weighted by atomic mass is 19.3. The molecule has 248 valence electrons. The van der Waals surface area contributed by atoms with E-state index in [0.717, 1.165) is 19.2 Å². The number of ether oxygens (including phenoxy) is 1. The van der Waals surface area contributed by atoms with Crippen LogP contribution in [-0.4, -0.2) is 64.6 Å². The van der Waals surface area contributed by atoms with Crippen molar-refractivity contribution in [2.24, 2.45) is 7.05 Å². The molecule has 2 aromatic heterocycles. The molecule has 3 heterocycles. The first-order valence-electron chi connectivity index (χ1n) is 15.9. The van der Waals surface area contributed by atoms with Crippen LogP contribution in [0.15, 0.2) is 29.1 Å². The third-order valence-corrected chi connectivity index (χ3v) is 9.00. The summed E-state index contributed by atoms with van der Waals surface area (Å²) in [7, 11) is 1.69. The van der Waals surface area contributed by atoms with Crippen molar-refractivity contribution in [1.29, 1.82) is 0 Å². The number of nitrogens with zero attached hydrogens (tertiary/aromatic N) is 4. The minimum Gasteiger partial charge on any atom is -0.370 e. The summed E-state index contributed by atoms with van der Waals surface area (Å²) in [5.74, 6) is 5.84. The number of hydrogen-bond donors (Lipinski definition) is 1. The molecule has 1 atom stereocenters. The van der Waals surface area contributed by atoms with Gasteiger partial charge in [0.1, 0.15) is 17.2 Å². The summed E-state index contributed by atoms with van der Waals surface area (Å²) in [6.45, 7) is 14.5. The topological polar surface area (TPSA) is 79.7 Å². The highest BCUT2D eigenvalue weighted by Crippen LogP contribution is 2.39. The predicted molar refractivity (Wildman–Crippen MR) is 175 cm³/mol. The fourth-order valence-electron chi connectivity index (χ4n) is 6.25. The van der Waals surface area contributed by atoms with Gasteiger partial charge >= 0.3 is 0 Å². The van der Waals surface area contributed by atoms with Gasteiger partial charge in [-0.25, -0.2) is 18.2 Å². The van der Waals surface area contributed by atoms with E-state index in [1.165, 1.54) is 19.1 Å². The molecule has 1 saturated heterocycles. The Bertz CT molecular complexity index is 1700. The molecule has 8 nitrogen and oxygen atoms in total. The number of carbonyl (C=O) groups excluding carboxylic acids is 1. The minimum atomic E-state index is -2.95. The van der Waals surface area contributed by atoms with Crippen LogP contribution in [-0.2, 0) is 22.2 Å². The van der Waals surface area contributed by atoms with E-state index < -0.39 is 29.4 Å². The molecule has 1 aliphatic heterocycles. The second-order valence-corrected chi connectivity index (χ2v) is 11.7. The number of amides is 1. The van der Waals surface area contributed by atoms with Gasteiger partial charge < -0.3 is 19.5 Å². The molecule has 0 unspecified atom stereocenters. The molecular formula is C35H44F3N5O3. The maximum Gasteiger partial charge on any atom is 0.266 e. The number of hydrogen-bond acceptors (Lipinski definition) is 6. The lowest BCUT2D eigenvalue weighted by atomic mass is 9.83. The van der Waals surface area contributed by atoms with Gasteiger partial charge in [0.25, 0.3) is 12.0 Å². The Labute approximate surface area is 268 Å². The van der Waals surface area contributed by atoms with Crippen LogP contribution >= 0.6 is 0 Å². The quantitative estimate of drug-likeness (QED) is 0.272. The number of likely N-dealkylation sites (tertiary alicyclic amines) is 1. The van der Waals surface area contributed by atoms with Crippen LogP contribution in [0.5, 0.6) is 0 Å². The Morgan fingerprint density at radius 2 is 1.83 bits per heavy atom. The van der Waals surface area contributed by atoms with Crippen LogP contribution in [0.3, 0.4) is 0 Å². The lowest BCUT2D eigenvalue weighted by molar-refractivity contribution is -0.136. The third kappa shape index (κ3) is 6.93. The van der Waals surface area contributed by atoms with Gasteiger partial charge in [-0.15, -0.1) is 0 Å². The van der Waals surface area contributed by atoms with Gasteiger partial charge in [0.2, 0.25) is 5.91 Å². The number of piperidine rings is 1. The smallest absolute Gasteiger partial charge is 0.266 e. The van der Waals surface area contributed by atoms with Crippen LogP contribution in [0.25, 0.3) is 10.9 Å². The number of nitrogens with one attached hydrogen (secondary N) is 1. The molecule has 0 saturated carbocycles. The van der Waals surface area contributed by atoms with E-state index >= 15 is 4.39 Å². The van der Waals surface area contributed by atoms with Crippen molar-refractivity contribution in [2.75, 3.05) is 44.6 Å². The van der Waals surface area contributed by atoms with Gasteiger partial charge in [0, 0.05) is 44.6 Å². The maximum absolute atomic E-state index is 15.2. The Morgan fingerprint density at radius 3 is 2.41 bits per heavy atom. The number of halogens is 3. The largest absolute Gasteiger partial charge is 0.370 e. The van der Waals surface area contributed by atoms with Crippen molar-refractivity contribution in [1.82, 2.24) is 19.4 Å². The van der Waals surface area contributed by atoms with Crippen molar-refractivity contribution in [3.05, 3.63) is 68.4 Å². The molecule has 3 aromatic rings. The van der Waals surface area contributed by atoms with Gasteiger partial charge in [0.05, 0.1) is 40.5 Å². The van der Waals surface area contributed by atoms with E-state index in [1.54, 1.807) is 36.4 Å². The second kappa shape index (κ2) is 14.7. The molecule has 1 amide bonds. The summed E-state index contributed by atoms with van der Waals surface area (Å²) >= 11 is 0. The van der Waals surface area contributed by atoms with Crippen molar-refractivity contribution in [3.63, 3.8) is 0 Å². The van der Waals surface area contributed by atoms with Crippen molar-refractivity contribution >= 4 is 22.6 Å². The van der Waals surface area contributed by atoms with E-state index in [9.17, 15) is 18.4 Å². The fraction of sp³-hybridized carbons (Fsp3) is 0.514. The van der Waals surface area contributed by atoms with E-state index in [1.807, 2.05) is 6.92 Å². The number of pyridine rings is 2. The highest BCUT2D eigenvalue weighted by molar-refractivity contribution is 5.95. The average Bonchev–Trinajstić information content (AvgIpc) is 3.02. The summed E-state index contributed by atoms with van der Waals surface area (Å²) in [6, 6.07) is 4.99. The molecule has 1 aliphatic rings. The maximum atomic E-state index is 15.2. The SMILES string of the molecule is CCOC1(c2cc3c(N[C@H](C)c4cccc(C(F)F)c4F)nc(C)c(C#CCN(CC)CC)c3n(C)c2=O)CCN(C(C)=O)CC1. The van der Waals surface area contributed by atoms with Crippen LogP contribution in [0.4, 0.5) is 19.0 Å². The first-order chi connectivity index (χ1) is 21.9. The zero-order chi connectivity index (χ0) is 33.8. The second-order valence-electron chi connectivity index (χ2n) is 11.7. The Kier molecular flexibility index (Phi) is 11.2. The number of carbonyl (C=O) groups is 1. The Hall–Kier alpha value is -3.88. The van der Waals surface area contributed by atoms with Crippen molar-refractivity contribution in [2.45, 2.75) is 72.5 Å². The number of rotatable bonds is 10. The fourth-order valence-corrected chi connectivity index (χ4v) is 6.25. The van der Waals surface area contributed by atoms with Gasteiger partial charge in [-0.2, -0.15) is 0 Å². The molecule has 4 rings (SSSR count). The molecule has 11 heteroatoms. The van der Waals surface area contributed by atoms with Gasteiger partial charge in [-0.1, -0.05) is 43.9 Å². The van der Waals surface area contributed by atoms with Gasteiger partial charge in [-0.3, -0.25) is 14.5 Å². The monoisotopic (exact) mass is 639 g/mol. The first-order valence-corrected chi connectivity index (χ1v) is 15.9. The highest BCUT2D eigenvalue weighted by Gasteiger charge is 2.40. The third-order valence-electron chi connectivity index (χ3n) is 9.00. The van der Waals surface area contributed by atoms with E-state index in [-0.39, 0.29) is 17.0 Å². The molecule has 46 heavy (non-hydrogen) atoms. The standard InChI is InChI=1S/C35H44F3N5O3/c1-8-42(9-2)18-12-15-26-23(5)40-33(39-22(4)25-13-11-14-27(30(25)36)32(37)38)28-21-29(34(45)41(7)31(26)28)35(46-10-3)16-19-43(20-17-35)24(6)44/h11,13-14,21-22,32H,8-10,16-20H2,1-7H3,(H,39,40)/t22-/m1/s1. The summed E-state index contributed by atoms with van der Waals surface area (Å²) < 4.78 is 50.1. The van der Waals surface area contributed by atoms with E-state index in [0.29, 0.717) is 72.6 Å². The molecule has 0 radical (unpaired) electrons. The molecule has 1 aromatic carbocycles. The number of benzene rings is 1. The zero-order valence-corrected chi connectivity index (χ0v) is 27.8. The summed E-state index contributed by atoms with van der Waals surface area (Å²) in [6.07, 6.45) is -2.09. The van der Waals surface area contributed by atoms with E-state index in [4.69, 9.17) is 9.72 Å². The lowest BCUT2D eigenvalue weighted by Crippen LogP contribution is -2.48. The molecule has 0 aliphatic carbocycles. The molecule has 1 fully saturated rings. The summed E-state index contributed by atoms with van der Waals surface area (Å²) in [5.41, 5.74) is 0.357. The molecular weight excluding hydrogens is 595 g/mol. The van der Waals surface area contributed by atoms with Gasteiger partial charge in [-0.05, 0) is 52.8 Å². The number of anilines is 1. The summed E-state index contributed by atoms with van der Waals surface area (Å²) in [5, 5.41) is 3.82. The number of aromatic nitrogens is 2. The number of fused-ring (bicyclic) bond motifs is 1. The first kappa shape index (κ1) is 35.0. The summed E-state index contributed by atoms with van der Waals surface area (Å²) in [4.78, 5) is 35.1. The average molecular weight is 640 g/mol. The van der Waals surface area contributed by atoms with Crippen LogP contribution < -0.4 is 10.9 Å². The zero-order valence-electron chi connectivity index (χ0n) is 27.8. The molecule has 0 spiro atoms. The van der Waals surface area contributed by atoms with Crippen molar-refractivity contribution in [3.8, 4) is 11.8 Å². The predicted octanol–water partition coefficient (Wildman–Crippen LogP) is 6.06. The van der Waals surface area contributed by atoms with Crippen LogP contribution in [0.1, 0.15) is 87.9 Å². The molecule has 1 N–H and O–H groups in total. The lowest BCUT2D eigenvalue weighted by Gasteiger charge is -2.41. The Morgan fingerprint density at radius 1 is 1.17 bits per heavy atom. The number of aryl methyl sites for hydroxylation is 2. The number of alkyl halides is 2.